The highest BCUT2D eigenvalue weighted by atomic mass is 16.3. The summed E-state index contributed by atoms with van der Waals surface area (Å²) in [4.78, 5) is 2.47. The number of benzene rings is 1. The molecule has 3 rings (SSSR count). The zero-order valence-corrected chi connectivity index (χ0v) is 13.6. The van der Waals surface area contributed by atoms with E-state index >= 15 is 0 Å². The molecule has 1 aromatic rings. The van der Waals surface area contributed by atoms with Crippen LogP contribution in [0.3, 0.4) is 0 Å². The number of aliphatic hydroxyl groups is 1. The Morgan fingerprint density at radius 3 is 2.95 bits per heavy atom. The van der Waals surface area contributed by atoms with Crippen LogP contribution in [0.25, 0.3) is 0 Å². The number of unbranched alkanes of at least 4 members (excludes halogenated alkanes) is 1. The molecular weight excluding hydrogens is 272 g/mol. The van der Waals surface area contributed by atoms with Crippen LogP contribution in [0.1, 0.15) is 55.7 Å². The lowest BCUT2D eigenvalue weighted by atomic mass is 9.88. The molecule has 0 spiro atoms. The topological polar surface area (TPSA) is 35.5 Å². The molecule has 1 saturated heterocycles. The number of fused-ring (bicyclic) bond motifs is 1. The number of aliphatic hydroxyl groups excluding tert-OH is 1. The van der Waals surface area contributed by atoms with Crippen molar-refractivity contribution in [2.75, 3.05) is 26.2 Å². The van der Waals surface area contributed by atoms with Crippen LogP contribution in [0.4, 0.5) is 0 Å². The highest BCUT2D eigenvalue weighted by Gasteiger charge is 2.23. The molecule has 0 amide bonds. The second-order valence-electron chi connectivity index (χ2n) is 6.82. The predicted molar refractivity (Wildman–Crippen MR) is 91.0 cm³/mol. The van der Waals surface area contributed by atoms with Crippen LogP contribution in [-0.4, -0.2) is 42.3 Å². The minimum atomic E-state index is 0.330. The summed E-state index contributed by atoms with van der Waals surface area (Å²) in [5.41, 5.74) is 3.06. The van der Waals surface area contributed by atoms with Crippen molar-refractivity contribution in [3.8, 4) is 0 Å². The number of likely N-dealkylation sites (tertiary alicyclic amines) is 1. The molecular formula is C19H30N2O. The first-order chi connectivity index (χ1) is 10.9. The fraction of sp³-hybridized carbons (Fsp3) is 0.684. The fourth-order valence-corrected chi connectivity index (χ4v) is 4.08. The molecule has 1 aromatic carbocycles. The minimum Gasteiger partial charge on any atom is -0.395 e. The maximum Gasteiger partial charge on any atom is 0.0586 e. The van der Waals surface area contributed by atoms with Crippen molar-refractivity contribution >= 4 is 0 Å². The first-order valence-electron chi connectivity index (χ1n) is 9.04. The lowest BCUT2D eigenvalue weighted by molar-refractivity contribution is 0.157. The largest absolute Gasteiger partial charge is 0.395 e. The molecule has 0 bridgehead atoms. The Balaban J connectivity index is 1.37. The van der Waals surface area contributed by atoms with Gasteiger partial charge in [-0.15, -0.1) is 0 Å². The molecule has 122 valence electrons. The second kappa shape index (κ2) is 8.09. The molecule has 2 N–H and O–H groups in total. The van der Waals surface area contributed by atoms with Crippen LogP contribution in [-0.2, 0) is 6.42 Å². The highest BCUT2D eigenvalue weighted by Crippen LogP contribution is 2.29. The smallest absolute Gasteiger partial charge is 0.0586 e. The van der Waals surface area contributed by atoms with E-state index in [0.29, 0.717) is 18.7 Å². The number of hydrogen-bond donors (Lipinski definition) is 2. The molecule has 3 heteroatoms. The fourth-order valence-electron chi connectivity index (χ4n) is 4.08. The summed E-state index contributed by atoms with van der Waals surface area (Å²) in [6, 6.07) is 9.89. The third kappa shape index (κ3) is 3.89. The van der Waals surface area contributed by atoms with Gasteiger partial charge >= 0.3 is 0 Å². The van der Waals surface area contributed by atoms with Crippen molar-refractivity contribution in [2.24, 2.45) is 0 Å². The van der Waals surface area contributed by atoms with Gasteiger partial charge in [0.25, 0.3) is 0 Å². The monoisotopic (exact) mass is 302 g/mol. The van der Waals surface area contributed by atoms with Gasteiger partial charge in [-0.25, -0.2) is 0 Å². The van der Waals surface area contributed by atoms with Gasteiger partial charge in [-0.2, -0.15) is 0 Å². The van der Waals surface area contributed by atoms with Crippen LogP contribution in [0.5, 0.6) is 0 Å². The van der Waals surface area contributed by atoms with Crippen molar-refractivity contribution in [3.05, 3.63) is 35.4 Å². The maximum atomic E-state index is 9.35. The van der Waals surface area contributed by atoms with Crippen molar-refractivity contribution < 1.29 is 5.11 Å². The molecule has 3 nitrogen and oxygen atoms in total. The van der Waals surface area contributed by atoms with E-state index in [1.54, 1.807) is 0 Å². The first-order valence-corrected chi connectivity index (χ1v) is 9.04. The minimum absolute atomic E-state index is 0.330. The summed E-state index contributed by atoms with van der Waals surface area (Å²) in [5, 5.41) is 13.1. The molecule has 1 aliphatic carbocycles. The van der Waals surface area contributed by atoms with E-state index in [-0.39, 0.29) is 0 Å². The van der Waals surface area contributed by atoms with E-state index in [9.17, 15) is 5.11 Å². The van der Waals surface area contributed by atoms with Gasteiger partial charge in [-0.3, -0.25) is 4.90 Å². The van der Waals surface area contributed by atoms with Gasteiger partial charge in [-0.1, -0.05) is 24.3 Å². The summed E-state index contributed by atoms with van der Waals surface area (Å²) in [7, 11) is 0. The quantitative estimate of drug-likeness (QED) is 0.760. The van der Waals surface area contributed by atoms with Gasteiger partial charge in [0.15, 0.2) is 0 Å². The van der Waals surface area contributed by atoms with Crippen molar-refractivity contribution in [1.82, 2.24) is 10.2 Å². The predicted octanol–water partition coefficient (Wildman–Crippen LogP) is 2.89. The zero-order valence-electron chi connectivity index (χ0n) is 13.6. The summed E-state index contributed by atoms with van der Waals surface area (Å²) in [6.07, 6.45) is 8.71. The highest BCUT2D eigenvalue weighted by molar-refractivity contribution is 5.32. The zero-order chi connectivity index (χ0) is 15.2. The molecule has 1 fully saturated rings. The van der Waals surface area contributed by atoms with Crippen molar-refractivity contribution in [3.63, 3.8) is 0 Å². The molecule has 0 aromatic heterocycles. The van der Waals surface area contributed by atoms with Crippen molar-refractivity contribution in [2.45, 2.75) is 57.0 Å². The number of aryl methyl sites for hydroxylation is 1. The van der Waals surface area contributed by atoms with Gasteiger partial charge in [0.2, 0.25) is 0 Å². The lowest BCUT2D eigenvalue weighted by Gasteiger charge is -2.27. The number of nitrogens with one attached hydrogen (secondary N) is 1. The van der Waals surface area contributed by atoms with E-state index in [0.717, 1.165) is 13.1 Å². The Morgan fingerprint density at radius 2 is 2.05 bits per heavy atom. The summed E-state index contributed by atoms with van der Waals surface area (Å²) >= 11 is 0. The third-order valence-electron chi connectivity index (χ3n) is 5.34. The third-order valence-corrected chi connectivity index (χ3v) is 5.34. The van der Waals surface area contributed by atoms with E-state index in [1.807, 2.05) is 0 Å². The van der Waals surface area contributed by atoms with Crippen LogP contribution in [0.2, 0.25) is 0 Å². The van der Waals surface area contributed by atoms with Crippen LogP contribution < -0.4 is 5.32 Å². The Bertz CT molecular complexity index is 463. The van der Waals surface area contributed by atoms with Crippen LogP contribution in [0, 0.1) is 0 Å². The van der Waals surface area contributed by atoms with Gasteiger partial charge in [-0.05, 0) is 75.7 Å². The first kappa shape index (κ1) is 16.0. The van der Waals surface area contributed by atoms with Crippen LogP contribution >= 0.6 is 0 Å². The Hall–Kier alpha value is -0.900. The standard InChI is InChI=1S/C19H30N2O/c22-15-17-9-6-14-21(17)13-4-3-12-20-19-11-5-8-16-7-1-2-10-18(16)19/h1-2,7,10,17,19-20,22H,3-6,8-9,11-15H2. The average Bonchev–Trinajstić information content (AvgIpc) is 3.02. The molecule has 1 heterocycles. The Labute approximate surface area is 134 Å². The number of hydrogen-bond acceptors (Lipinski definition) is 3. The van der Waals surface area contributed by atoms with Gasteiger partial charge in [0.1, 0.15) is 0 Å². The summed E-state index contributed by atoms with van der Waals surface area (Å²) < 4.78 is 0. The average molecular weight is 302 g/mol. The van der Waals surface area contributed by atoms with E-state index in [4.69, 9.17) is 0 Å². The molecule has 22 heavy (non-hydrogen) atoms. The molecule has 1 aliphatic heterocycles. The second-order valence-corrected chi connectivity index (χ2v) is 6.82. The van der Waals surface area contributed by atoms with Gasteiger partial charge in [0, 0.05) is 12.1 Å². The maximum absolute atomic E-state index is 9.35. The molecule has 0 saturated carbocycles. The molecule has 2 unspecified atom stereocenters. The van der Waals surface area contributed by atoms with E-state index < -0.39 is 0 Å². The Kier molecular flexibility index (Phi) is 5.88. The van der Waals surface area contributed by atoms with Gasteiger partial charge < -0.3 is 10.4 Å². The summed E-state index contributed by atoms with van der Waals surface area (Å²) in [6.45, 7) is 3.76. The lowest BCUT2D eigenvalue weighted by Crippen LogP contribution is -2.33. The SMILES string of the molecule is OCC1CCCN1CCCCNC1CCCc2ccccc21. The summed E-state index contributed by atoms with van der Waals surface area (Å²) in [5.74, 6) is 0. The Morgan fingerprint density at radius 1 is 1.14 bits per heavy atom. The van der Waals surface area contributed by atoms with E-state index in [2.05, 4.69) is 34.5 Å². The van der Waals surface area contributed by atoms with Gasteiger partial charge in [0.05, 0.1) is 6.61 Å². The molecule has 2 aliphatic rings. The molecule has 0 radical (unpaired) electrons. The number of rotatable bonds is 7. The van der Waals surface area contributed by atoms with Crippen LogP contribution in [0.15, 0.2) is 24.3 Å². The normalized spacial score (nSPS) is 25.3. The number of nitrogens with zero attached hydrogens (tertiary/aromatic N) is 1. The molecule has 2 atom stereocenters. The van der Waals surface area contributed by atoms with E-state index in [1.165, 1.54) is 62.6 Å². The van der Waals surface area contributed by atoms with Crippen molar-refractivity contribution in [1.29, 1.82) is 0 Å².